The van der Waals surface area contributed by atoms with Gasteiger partial charge in [0.15, 0.2) is 0 Å². The van der Waals surface area contributed by atoms with Crippen molar-refractivity contribution >= 4 is 46.4 Å². The summed E-state index contributed by atoms with van der Waals surface area (Å²) in [7, 11) is 0. The molecule has 0 aliphatic rings. The molecule has 0 saturated carbocycles. The number of allylic oxidation sites excluding steroid dienone is 1. The second kappa shape index (κ2) is 3.11. The first-order valence-electron chi connectivity index (χ1n) is 1.51. The highest BCUT2D eigenvalue weighted by Gasteiger charge is 2.24. The average Bonchev–Trinajstić information content (AvgIpc) is 1.62. The number of rotatable bonds is 0. The maximum atomic E-state index is 11.3. The van der Waals surface area contributed by atoms with Gasteiger partial charge in [-0.05, 0) is 0 Å². The van der Waals surface area contributed by atoms with Gasteiger partial charge in [-0.15, -0.1) is 0 Å². The van der Waals surface area contributed by atoms with Crippen LogP contribution in [-0.2, 0) is 0 Å². The molecule has 0 N–H and O–H groups in total. The molecule has 0 heterocycles. The van der Waals surface area contributed by atoms with Crippen molar-refractivity contribution in [3.63, 3.8) is 0 Å². The smallest absolute Gasteiger partial charge is 0.214 e. The van der Waals surface area contributed by atoms with Crippen molar-refractivity contribution in [3.8, 4) is 0 Å². The second-order valence-electron chi connectivity index (χ2n) is 0.955. The topological polar surface area (TPSA) is 0 Å². The summed E-state index contributed by atoms with van der Waals surface area (Å²) in [5.74, 6) is 0. The fourth-order valence-corrected chi connectivity index (χ4v) is 0.186. The van der Waals surface area contributed by atoms with Gasteiger partial charge in [-0.25, -0.2) is 4.39 Å². The highest BCUT2D eigenvalue weighted by atomic mass is 35.6. The van der Waals surface area contributed by atoms with E-state index in [9.17, 15) is 4.39 Å². The molecule has 0 amide bonds. The lowest BCUT2D eigenvalue weighted by molar-refractivity contribution is 0.714. The molecule has 0 radical (unpaired) electrons. The molecule has 0 saturated heterocycles. The molecule has 0 aliphatic carbocycles. The van der Waals surface area contributed by atoms with E-state index in [1.807, 2.05) is 0 Å². The normalized spacial score (nSPS) is 14.4. The minimum Gasteiger partial charge on any atom is -0.214 e. The van der Waals surface area contributed by atoms with Crippen molar-refractivity contribution < 1.29 is 4.39 Å². The minimum absolute atomic E-state index is 0.0363. The van der Waals surface area contributed by atoms with Crippen LogP contribution >= 0.6 is 46.4 Å². The SMILES string of the molecule is F/C=C(\Cl)C(Cl)(Cl)Cl. The van der Waals surface area contributed by atoms with Crippen LogP contribution in [0.1, 0.15) is 0 Å². The molecule has 48 valence electrons. The van der Waals surface area contributed by atoms with Crippen molar-refractivity contribution in [2.24, 2.45) is 0 Å². The summed E-state index contributed by atoms with van der Waals surface area (Å²) < 4.78 is 9.51. The van der Waals surface area contributed by atoms with Crippen molar-refractivity contribution in [2.75, 3.05) is 0 Å². The first-order chi connectivity index (χ1) is 3.48. The maximum Gasteiger partial charge on any atom is 0.228 e. The van der Waals surface area contributed by atoms with E-state index in [1.165, 1.54) is 0 Å². The molecular formula is C3HCl4F. The Morgan fingerprint density at radius 1 is 1.38 bits per heavy atom. The number of alkyl halides is 3. The van der Waals surface area contributed by atoms with Gasteiger partial charge in [-0.1, -0.05) is 46.4 Å². The number of hydrogen-bond donors (Lipinski definition) is 0. The maximum absolute atomic E-state index is 11.3. The van der Waals surface area contributed by atoms with Crippen LogP contribution in [0.5, 0.6) is 0 Å². The van der Waals surface area contributed by atoms with Gasteiger partial charge < -0.3 is 0 Å². The van der Waals surface area contributed by atoms with Gasteiger partial charge >= 0.3 is 0 Å². The molecule has 0 bridgehead atoms. The van der Waals surface area contributed by atoms with E-state index in [1.54, 1.807) is 0 Å². The molecule has 0 spiro atoms. The molecular weight excluding hydrogens is 197 g/mol. The zero-order chi connectivity index (χ0) is 6.78. The van der Waals surface area contributed by atoms with Crippen LogP contribution in [-0.4, -0.2) is 3.79 Å². The predicted molar refractivity (Wildman–Crippen MR) is 35.3 cm³/mol. The third-order valence-corrected chi connectivity index (χ3v) is 1.63. The Kier molecular flexibility index (Phi) is 3.44. The molecule has 0 fully saturated rings. The Morgan fingerprint density at radius 3 is 1.75 bits per heavy atom. The van der Waals surface area contributed by atoms with Crippen LogP contribution in [0.25, 0.3) is 0 Å². The van der Waals surface area contributed by atoms with E-state index < -0.39 is 8.82 Å². The first kappa shape index (κ1) is 8.83. The van der Waals surface area contributed by atoms with Crippen LogP contribution in [0, 0.1) is 0 Å². The van der Waals surface area contributed by atoms with E-state index >= 15 is 0 Å². The monoisotopic (exact) mass is 196 g/mol. The van der Waals surface area contributed by atoms with Crippen LogP contribution in [0.15, 0.2) is 11.4 Å². The molecule has 0 aliphatic heterocycles. The summed E-state index contributed by atoms with van der Waals surface area (Å²) in [6.45, 7) is 0. The lowest BCUT2D eigenvalue weighted by Gasteiger charge is -2.05. The summed E-state index contributed by atoms with van der Waals surface area (Å²) in [5, 5.41) is -0.442. The summed E-state index contributed by atoms with van der Waals surface area (Å²) >= 11 is 20.3. The third kappa shape index (κ3) is 2.98. The van der Waals surface area contributed by atoms with Crippen molar-refractivity contribution in [2.45, 2.75) is 3.79 Å². The lowest BCUT2D eigenvalue weighted by atomic mass is 10.7. The van der Waals surface area contributed by atoms with Crippen LogP contribution in [0.4, 0.5) is 4.39 Å². The largest absolute Gasteiger partial charge is 0.228 e. The van der Waals surface area contributed by atoms with E-state index in [4.69, 9.17) is 46.4 Å². The Balaban J connectivity index is 4.03. The van der Waals surface area contributed by atoms with Gasteiger partial charge in [0.25, 0.3) is 0 Å². The van der Waals surface area contributed by atoms with Gasteiger partial charge in [0.05, 0.1) is 5.03 Å². The fourth-order valence-electron chi connectivity index (χ4n) is 0.0619. The van der Waals surface area contributed by atoms with Crippen molar-refractivity contribution in [3.05, 3.63) is 11.4 Å². The number of hydrogen-bond acceptors (Lipinski definition) is 0. The van der Waals surface area contributed by atoms with Crippen LogP contribution < -0.4 is 0 Å². The predicted octanol–water partition coefficient (Wildman–Crippen LogP) is 3.41. The Labute approximate surface area is 66.2 Å². The van der Waals surface area contributed by atoms with Crippen LogP contribution in [0.2, 0.25) is 0 Å². The first-order valence-corrected chi connectivity index (χ1v) is 3.02. The highest BCUT2D eigenvalue weighted by molar-refractivity contribution is 6.72. The van der Waals surface area contributed by atoms with Gasteiger partial charge in [0.1, 0.15) is 6.33 Å². The molecule has 5 heteroatoms. The summed E-state index contributed by atoms with van der Waals surface area (Å²) in [6, 6.07) is 0. The molecule has 0 atom stereocenters. The molecule has 0 rings (SSSR count). The zero-order valence-electron chi connectivity index (χ0n) is 3.47. The average molecular weight is 198 g/mol. The fraction of sp³-hybridized carbons (Fsp3) is 0.333. The second-order valence-corrected chi connectivity index (χ2v) is 3.64. The third-order valence-electron chi connectivity index (χ3n) is 0.367. The quantitative estimate of drug-likeness (QED) is 0.523. The van der Waals surface area contributed by atoms with Crippen molar-refractivity contribution in [1.29, 1.82) is 0 Å². The number of halogens is 5. The zero-order valence-corrected chi connectivity index (χ0v) is 6.49. The lowest BCUT2D eigenvalue weighted by Crippen LogP contribution is -1.99. The Hall–Kier alpha value is 0.830. The molecule has 8 heavy (non-hydrogen) atoms. The molecule has 0 aromatic carbocycles. The van der Waals surface area contributed by atoms with Crippen molar-refractivity contribution in [1.82, 2.24) is 0 Å². The van der Waals surface area contributed by atoms with E-state index in [0.717, 1.165) is 0 Å². The standard InChI is InChI=1S/C3HCl4F/c4-2(1-8)3(5,6)7/h1H/b2-1-. The molecule has 0 nitrogen and oxygen atoms in total. The van der Waals surface area contributed by atoms with Gasteiger partial charge in [-0.3, -0.25) is 0 Å². The van der Waals surface area contributed by atoms with Gasteiger partial charge in [0, 0.05) is 0 Å². The van der Waals surface area contributed by atoms with E-state index in [2.05, 4.69) is 0 Å². The molecule has 0 aromatic heterocycles. The summed E-state index contributed by atoms with van der Waals surface area (Å²) in [5.41, 5.74) is 0. The minimum atomic E-state index is -1.82. The Bertz CT molecular complexity index is 102. The molecule has 0 aromatic rings. The van der Waals surface area contributed by atoms with Crippen LogP contribution in [0.3, 0.4) is 0 Å². The summed E-state index contributed by atoms with van der Waals surface area (Å²) in [4.78, 5) is 0. The van der Waals surface area contributed by atoms with E-state index in [0.29, 0.717) is 0 Å². The van der Waals surface area contributed by atoms with E-state index in [-0.39, 0.29) is 6.33 Å². The van der Waals surface area contributed by atoms with Gasteiger partial charge in [-0.2, -0.15) is 0 Å². The molecule has 0 unspecified atom stereocenters. The Morgan fingerprint density at radius 2 is 1.75 bits per heavy atom. The highest BCUT2D eigenvalue weighted by Crippen LogP contribution is 2.36. The summed E-state index contributed by atoms with van der Waals surface area (Å²) in [6.07, 6.45) is 0.0363. The van der Waals surface area contributed by atoms with Gasteiger partial charge in [0.2, 0.25) is 3.79 Å².